The van der Waals surface area contributed by atoms with Crippen LogP contribution in [0.3, 0.4) is 0 Å². The Morgan fingerprint density at radius 1 is 1.45 bits per heavy atom. The zero-order chi connectivity index (χ0) is 14.5. The number of nitrogens with one attached hydrogen (secondary N) is 1. The number of nitro benzene ring substituents is 1. The summed E-state index contributed by atoms with van der Waals surface area (Å²) >= 11 is 3.18. The van der Waals surface area contributed by atoms with Gasteiger partial charge in [-0.3, -0.25) is 15.1 Å². The molecule has 1 atom stereocenters. The Bertz CT molecular complexity index is 605. The Hall–Kier alpha value is -1.79. The van der Waals surface area contributed by atoms with Crippen LogP contribution in [-0.4, -0.2) is 9.91 Å². The van der Waals surface area contributed by atoms with Crippen LogP contribution in [0.15, 0.2) is 47.2 Å². The lowest BCUT2D eigenvalue weighted by molar-refractivity contribution is -0.385. The van der Waals surface area contributed by atoms with Gasteiger partial charge in [-0.2, -0.15) is 0 Å². The summed E-state index contributed by atoms with van der Waals surface area (Å²) in [6, 6.07) is 9.15. The molecular weight excluding hydrogens is 322 g/mol. The van der Waals surface area contributed by atoms with Crippen molar-refractivity contribution in [2.24, 2.45) is 0 Å². The van der Waals surface area contributed by atoms with Crippen molar-refractivity contribution in [1.29, 1.82) is 0 Å². The van der Waals surface area contributed by atoms with Gasteiger partial charge in [-0.25, -0.2) is 0 Å². The van der Waals surface area contributed by atoms with Crippen LogP contribution in [0.2, 0.25) is 0 Å². The lowest BCUT2D eigenvalue weighted by atomic mass is 10.1. The fourth-order valence-electron chi connectivity index (χ4n) is 1.83. The fraction of sp³-hybridized carbons (Fsp3) is 0.214. The van der Waals surface area contributed by atoms with E-state index in [0.29, 0.717) is 11.0 Å². The summed E-state index contributed by atoms with van der Waals surface area (Å²) in [4.78, 5) is 14.6. The number of benzene rings is 1. The maximum atomic E-state index is 10.9. The molecule has 0 spiro atoms. The highest BCUT2D eigenvalue weighted by Crippen LogP contribution is 2.25. The van der Waals surface area contributed by atoms with Gasteiger partial charge in [-0.1, -0.05) is 12.1 Å². The van der Waals surface area contributed by atoms with Gasteiger partial charge in [0.2, 0.25) is 0 Å². The quantitative estimate of drug-likeness (QED) is 0.669. The first-order valence-electron chi connectivity index (χ1n) is 6.14. The first-order chi connectivity index (χ1) is 9.58. The lowest BCUT2D eigenvalue weighted by Gasteiger charge is -2.13. The predicted octanol–water partition coefficient (Wildman–Crippen LogP) is 3.60. The van der Waals surface area contributed by atoms with E-state index in [1.54, 1.807) is 18.3 Å². The Kier molecular flexibility index (Phi) is 4.81. The van der Waals surface area contributed by atoms with E-state index in [0.717, 1.165) is 11.1 Å². The number of pyridine rings is 1. The average Bonchev–Trinajstić information content (AvgIpc) is 2.46. The van der Waals surface area contributed by atoms with Crippen LogP contribution in [0.4, 0.5) is 5.69 Å². The van der Waals surface area contributed by atoms with Crippen molar-refractivity contribution in [3.05, 3.63) is 68.4 Å². The fourth-order valence-corrected chi connectivity index (χ4v) is 2.22. The van der Waals surface area contributed by atoms with E-state index < -0.39 is 4.92 Å². The number of hydrogen-bond donors (Lipinski definition) is 1. The highest BCUT2D eigenvalue weighted by Gasteiger charge is 2.12. The first-order valence-corrected chi connectivity index (χ1v) is 6.93. The number of nitrogens with zero attached hydrogens (tertiary/aromatic N) is 2. The SMILES string of the molecule is CC(NCc1ccc(Br)c([N+](=O)[O-])c1)c1cccnc1. The molecule has 0 aliphatic rings. The minimum absolute atomic E-state index is 0.0818. The van der Waals surface area contributed by atoms with Crippen molar-refractivity contribution in [1.82, 2.24) is 10.3 Å². The third kappa shape index (κ3) is 3.61. The lowest BCUT2D eigenvalue weighted by Crippen LogP contribution is -2.18. The standard InChI is InChI=1S/C14H14BrN3O2/c1-10(12-3-2-6-16-9-12)17-8-11-4-5-13(15)14(7-11)18(19)20/h2-7,9-10,17H,8H2,1H3. The van der Waals surface area contributed by atoms with E-state index in [1.165, 1.54) is 0 Å². The van der Waals surface area contributed by atoms with Gasteiger partial charge in [0.1, 0.15) is 0 Å². The minimum Gasteiger partial charge on any atom is -0.306 e. The zero-order valence-corrected chi connectivity index (χ0v) is 12.5. The molecule has 0 aliphatic carbocycles. The molecule has 1 unspecified atom stereocenters. The monoisotopic (exact) mass is 335 g/mol. The molecule has 0 amide bonds. The Labute approximate surface area is 125 Å². The first kappa shape index (κ1) is 14.6. The topological polar surface area (TPSA) is 68.1 Å². The molecule has 6 heteroatoms. The van der Waals surface area contributed by atoms with Gasteiger partial charge in [0.25, 0.3) is 5.69 Å². The summed E-state index contributed by atoms with van der Waals surface area (Å²) < 4.78 is 0.492. The summed E-state index contributed by atoms with van der Waals surface area (Å²) in [5.74, 6) is 0. The molecule has 0 aliphatic heterocycles. The third-order valence-electron chi connectivity index (χ3n) is 3.00. The largest absolute Gasteiger partial charge is 0.306 e. The summed E-state index contributed by atoms with van der Waals surface area (Å²) in [7, 11) is 0. The van der Waals surface area contributed by atoms with Crippen LogP contribution < -0.4 is 5.32 Å². The van der Waals surface area contributed by atoms with Gasteiger partial charge in [0.15, 0.2) is 0 Å². The maximum absolute atomic E-state index is 10.9. The van der Waals surface area contributed by atoms with Crippen LogP contribution >= 0.6 is 15.9 Å². The van der Waals surface area contributed by atoms with Crippen LogP contribution in [0.25, 0.3) is 0 Å². The summed E-state index contributed by atoms with van der Waals surface area (Å²) in [5, 5.41) is 14.2. The molecule has 1 aromatic heterocycles. The van der Waals surface area contributed by atoms with Crippen molar-refractivity contribution in [2.45, 2.75) is 19.5 Å². The maximum Gasteiger partial charge on any atom is 0.283 e. The smallest absolute Gasteiger partial charge is 0.283 e. The van der Waals surface area contributed by atoms with E-state index >= 15 is 0 Å². The molecule has 0 fully saturated rings. The van der Waals surface area contributed by atoms with Gasteiger partial charge < -0.3 is 5.32 Å². The number of halogens is 1. The average molecular weight is 336 g/mol. The molecule has 0 radical (unpaired) electrons. The van der Waals surface area contributed by atoms with Crippen molar-refractivity contribution in [2.75, 3.05) is 0 Å². The van der Waals surface area contributed by atoms with E-state index in [2.05, 4.69) is 26.2 Å². The Balaban J connectivity index is 2.04. The molecule has 0 saturated heterocycles. The normalized spacial score (nSPS) is 12.1. The van der Waals surface area contributed by atoms with Gasteiger partial charge >= 0.3 is 0 Å². The van der Waals surface area contributed by atoms with Crippen LogP contribution in [0.5, 0.6) is 0 Å². The molecule has 20 heavy (non-hydrogen) atoms. The summed E-state index contributed by atoms with van der Waals surface area (Å²) in [6.07, 6.45) is 3.54. The second-order valence-electron chi connectivity index (χ2n) is 4.43. The van der Waals surface area contributed by atoms with Crippen LogP contribution in [0.1, 0.15) is 24.1 Å². The summed E-state index contributed by atoms with van der Waals surface area (Å²) in [6.45, 7) is 2.59. The van der Waals surface area contributed by atoms with E-state index in [1.807, 2.05) is 31.3 Å². The molecule has 0 bridgehead atoms. The highest BCUT2D eigenvalue weighted by atomic mass is 79.9. The third-order valence-corrected chi connectivity index (χ3v) is 3.67. The highest BCUT2D eigenvalue weighted by molar-refractivity contribution is 9.10. The molecule has 0 saturated carbocycles. The van der Waals surface area contributed by atoms with Crippen LogP contribution in [-0.2, 0) is 6.54 Å². The van der Waals surface area contributed by atoms with Crippen LogP contribution in [0, 0.1) is 10.1 Å². The molecule has 1 N–H and O–H groups in total. The van der Waals surface area contributed by atoms with Gasteiger partial charge in [-0.15, -0.1) is 0 Å². The van der Waals surface area contributed by atoms with Crippen molar-refractivity contribution < 1.29 is 4.92 Å². The molecule has 2 aromatic rings. The van der Waals surface area contributed by atoms with Crippen molar-refractivity contribution >= 4 is 21.6 Å². The van der Waals surface area contributed by atoms with Gasteiger partial charge in [-0.05, 0) is 46.1 Å². The minimum atomic E-state index is -0.391. The summed E-state index contributed by atoms with van der Waals surface area (Å²) in [5.41, 5.74) is 2.04. The van der Waals surface area contributed by atoms with E-state index in [4.69, 9.17) is 0 Å². The molecule has 2 rings (SSSR count). The molecule has 104 valence electrons. The number of rotatable bonds is 5. The Morgan fingerprint density at radius 3 is 2.90 bits per heavy atom. The van der Waals surface area contributed by atoms with Crippen molar-refractivity contribution in [3.8, 4) is 0 Å². The second-order valence-corrected chi connectivity index (χ2v) is 5.29. The van der Waals surface area contributed by atoms with Gasteiger partial charge in [0, 0.05) is 31.0 Å². The van der Waals surface area contributed by atoms with E-state index in [-0.39, 0.29) is 11.7 Å². The number of hydrogen-bond acceptors (Lipinski definition) is 4. The zero-order valence-electron chi connectivity index (χ0n) is 10.9. The second kappa shape index (κ2) is 6.58. The molecular formula is C14H14BrN3O2. The molecule has 5 nitrogen and oxygen atoms in total. The predicted molar refractivity (Wildman–Crippen MR) is 80.3 cm³/mol. The van der Waals surface area contributed by atoms with Gasteiger partial charge in [0.05, 0.1) is 9.40 Å². The number of nitro groups is 1. The van der Waals surface area contributed by atoms with Crippen molar-refractivity contribution in [3.63, 3.8) is 0 Å². The number of aromatic nitrogens is 1. The molecule has 1 aromatic carbocycles. The van der Waals surface area contributed by atoms with E-state index in [9.17, 15) is 10.1 Å². The Morgan fingerprint density at radius 2 is 2.25 bits per heavy atom. The molecule has 1 heterocycles.